The molecule has 0 unspecified atom stereocenters. The molecule has 6 heteroatoms. The van der Waals surface area contributed by atoms with Crippen molar-refractivity contribution in [2.24, 2.45) is 0 Å². The van der Waals surface area contributed by atoms with Crippen molar-refractivity contribution in [2.45, 2.75) is 20.0 Å². The minimum absolute atomic E-state index is 0.0947. The summed E-state index contributed by atoms with van der Waals surface area (Å²) in [4.78, 5) is 23.6. The third-order valence-corrected chi connectivity index (χ3v) is 1.62. The van der Waals surface area contributed by atoms with E-state index < -0.39 is 0 Å². The van der Waals surface area contributed by atoms with Gasteiger partial charge in [-0.3, -0.25) is 4.79 Å². The summed E-state index contributed by atoms with van der Waals surface area (Å²) in [6.07, 6.45) is -0.0947. The van der Waals surface area contributed by atoms with Gasteiger partial charge in [-0.1, -0.05) is 0 Å². The number of ether oxygens (including phenoxy) is 1. The molecule has 0 saturated heterocycles. The first kappa shape index (κ1) is 14.7. The van der Waals surface area contributed by atoms with E-state index in [9.17, 15) is 9.59 Å². The normalized spacial score (nSPS) is 10.1. The van der Waals surface area contributed by atoms with Crippen LogP contribution in [-0.4, -0.2) is 56.7 Å². The molecular formula is C10H21N3O3. The Morgan fingerprint density at radius 2 is 1.88 bits per heavy atom. The van der Waals surface area contributed by atoms with E-state index >= 15 is 0 Å². The smallest absolute Gasteiger partial charge is 0.320 e. The first-order valence-corrected chi connectivity index (χ1v) is 5.29. The molecule has 16 heavy (non-hydrogen) atoms. The molecule has 2 N–H and O–H groups in total. The van der Waals surface area contributed by atoms with Gasteiger partial charge in [0.1, 0.15) is 0 Å². The van der Waals surface area contributed by atoms with Crippen LogP contribution in [0.5, 0.6) is 0 Å². The minimum atomic E-state index is -0.283. The van der Waals surface area contributed by atoms with E-state index in [0.29, 0.717) is 13.1 Å². The standard InChI is InChI=1S/C10H21N3O3/c1-8(2)16-9(14)7-11-5-6-12-10(15)13(3)4/h8,11H,5-7H2,1-4H3,(H,12,15). The van der Waals surface area contributed by atoms with Gasteiger partial charge in [0.2, 0.25) is 0 Å². The Balaban J connectivity index is 3.40. The van der Waals surface area contributed by atoms with Crippen molar-refractivity contribution in [3.8, 4) is 0 Å². The molecule has 0 rings (SSSR count). The molecule has 0 spiro atoms. The van der Waals surface area contributed by atoms with Crippen LogP contribution in [0.1, 0.15) is 13.8 Å². The van der Waals surface area contributed by atoms with Crippen molar-refractivity contribution in [1.82, 2.24) is 15.5 Å². The Kier molecular flexibility index (Phi) is 7.28. The van der Waals surface area contributed by atoms with E-state index in [0.717, 1.165) is 0 Å². The molecule has 6 nitrogen and oxygen atoms in total. The number of rotatable bonds is 6. The van der Waals surface area contributed by atoms with Crippen LogP contribution >= 0.6 is 0 Å². The average Bonchev–Trinajstić information content (AvgIpc) is 2.15. The fourth-order valence-corrected chi connectivity index (χ4v) is 0.911. The fraction of sp³-hybridized carbons (Fsp3) is 0.800. The number of amides is 2. The number of hydrogen-bond donors (Lipinski definition) is 2. The van der Waals surface area contributed by atoms with Gasteiger partial charge in [0.05, 0.1) is 12.6 Å². The molecule has 0 aliphatic heterocycles. The van der Waals surface area contributed by atoms with Gasteiger partial charge in [-0.05, 0) is 13.8 Å². The highest BCUT2D eigenvalue weighted by molar-refractivity contribution is 5.73. The van der Waals surface area contributed by atoms with Crippen LogP contribution in [0.25, 0.3) is 0 Å². The van der Waals surface area contributed by atoms with Gasteiger partial charge in [0, 0.05) is 27.2 Å². The zero-order valence-electron chi connectivity index (χ0n) is 10.4. The highest BCUT2D eigenvalue weighted by atomic mass is 16.5. The summed E-state index contributed by atoms with van der Waals surface area (Å²) < 4.78 is 4.92. The molecule has 0 fully saturated rings. The lowest BCUT2D eigenvalue weighted by Gasteiger charge is -2.12. The lowest BCUT2D eigenvalue weighted by Crippen LogP contribution is -2.39. The van der Waals surface area contributed by atoms with Gasteiger partial charge < -0.3 is 20.3 Å². The van der Waals surface area contributed by atoms with E-state index in [-0.39, 0.29) is 24.6 Å². The van der Waals surface area contributed by atoms with E-state index in [2.05, 4.69) is 10.6 Å². The van der Waals surface area contributed by atoms with Crippen molar-refractivity contribution < 1.29 is 14.3 Å². The second-order valence-electron chi connectivity index (χ2n) is 3.84. The summed E-state index contributed by atoms with van der Waals surface area (Å²) in [5.74, 6) is -0.283. The van der Waals surface area contributed by atoms with Gasteiger partial charge in [-0.25, -0.2) is 4.79 Å². The van der Waals surface area contributed by atoms with Crippen LogP contribution in [0.15, 0.2) is 0 Å². The van der Waals surface area contributed by atoms with Crippen molar-refractivity contribution in [3.05, 3.63) is 0 Å². The molecule has 2 amide bonds. The molecule has 0 atom stereocenters. The quantitative estimate of drug-likeness (QED) is 0.490. The molecule has 0 aromatic heterocycles. The number of urea groups is 1. The molecule has 0 aromatic rings. The maximum Gasteiger partial charge on any atom is 0.320 e. The Labute approximate surface area is 96.3 Å². The zero-order chi connectivity index (χ0) is 12.6. The number of carbonyl (C=O) groups excluding carboxylic acids is 2. The Morgan fingerprint density at radius 3 is 2.38 bits per heavy atom. The third kappa shape index (κ3) is 8.05. The van der Waals surface area contributed by atoms with Gasteiger partial charge in [-0.15, -0.1) is 0 Å². The number of esters is 1. The first-order valence-electron chi connectivity index (χ1n) is 5.29. The van der Waals surface area contributed by atoms with Crippen molar-refractivity contribution in [1.29, 1.82) is 0 Å². The van der Waals surface area contributed by atoms with Gasteiger partial charge in [0.25, 0.3) is 0 Å². The largest absolute Gasteiger partial charge is 0.462 e. The highest BCUT2D eigenvalue weighted by Gasteiger charge is 2.04. The zero-order valence-corrected chi connectivity index (χ0v) is 10.4. The molecule has 0 radical (unpaired) electrons. The van der Waals surface area contributed by atoms with Gasteiger partial charge in [0.15, 0.2) is 0 Å². The number of hydrogen-bond acceptors (Lipinski definition) is 4. The van der Waals surface area contributed by atoms with E-state index in [1.165, 1.54) is 4.90 Å². The van der Waals surface area contributed by atoms with Crippen molar-refractivity contribution in [2.75, 3.05) is 33.7 Å². The second-order valence-corrected chi connectivity index (χ2v) is 3.84. The summed E-state index contributed by atoms with van der Waals surface area (Å²) >= 11 is 0. The van der Waals surface area contributed by atoms with Crippen LogP contribution in [0.3, 0.4) is 0 Å². The minimum Gasteiger partial charge on any atom is -0.462 e. The summed E-state index contributed by atoms with van der Waals surface area (Å²) in [6.45, 7) is 4.78. The maximum absolute atomic E-state index is 11.1. The second kappa shape index (κ2) is 7.92. The fourth-order valence-electron chi connectivity index (χ4n) is 0.911. The molecule has 0 saturated carbocycles. The topological polar surface area (TPSA) is 70.7 Å². The molecule has 0 aliphatic rings. The highest BCUT2D eigenvalue weighted by Crippen LogP contribution is 1.87. The van der Waals surface area contributed by atoms with Crippen LogP contribution in [0.4, 0.5) is 4.79 Å². The lowest BCUT2D eigenvalue weighted by atomic mass is 10.5. The first-order chi connectivity index (χ1) is 7.43. The predicted octanol–water partition coefficient (Wildman–Crippen LogP) is -0.201. The van der Waals surface area contributed by atoms with E-state index in [4.69, 9.17) is 4.74 Å². The Hall–Kier alpha value is -1.30. The third-order valence-electron chi connectivity index (χ3n) is 1.62. The van der Waals surface area contributed by atoms with Crippen LogP contribution in [0, 0.1) is 0 Å². The maximum atomic E-state index is 11.1. The number of nitrogens with zero attached hydrogens (tertiary/aromatic N) is 1. The summed E-state index contributed by atoms with van der Waals surface area (Å²) in [5.41, 5.74) is 0. The summed E-state index contributed by atoms with van der Waals surface area (Å²) in [5, 5.41) is 5.55. The molecular weight excluding hydrogens is 210 g/mol. The number of nitrogens with one attached hydrogen (secondary N) is 2. The molecule has 0 bridgehead atoms. The van der Waals surface area contributed by atoms with Crippen LogP contribution < -0.4 is 10.6 Å². The molecule has 0 aromatic carbocycles. The number of carbonyl (C=O) groups is 2. The molecule has 94 valence electrons. The summed E-state index contributed by atoms with van der Waals surface area (Å²) in [6, 6.07) is -0.147. The molecule has 0 heterocycles. The van der Waals surface area contributed by atoms with Crippen LogP contribution in [0.2, 0.25) is 0 Å². The van der Waals surface area contributed by atoms with Crippen LogP contribution in [-0.2, 0) is 9.53 Å². The van der Waals surface area contributed by atoms with E-state index in [1.807, 2.05) is 0 Å². The average molecular weight is 231 g/mol. The van der Waals surface area contributed by atoms with Crippen molar-refractivity contribution >= 4 is 12.0 Å². The molecule has 0 aliphatic carbocycles. The summed E-state index contributed by atoms with van der Waals surface area (Å²) in [7, 11) is 3.34. The predicted molar refractivity (Wildman–Crippen MR) is 61.2 cm³/mol. The SMILES string of the molecule is CC(C)OC(=O)CNCCNC(=O)N(C)C. The van der Waals surface area contributed by atoms with Gasteiger partial charge >= 0.3 is 12.0 Å². The lowest BCUT2D eigenvalue weighted by molar-refractivity contribution is -0.146. The Bertz CT molecular complexity index is 229. The van der Waals surface area contributed by atoms with Gasteiger partial charge in [-0.2, -0.15) is 0 Å². The van der Waals surface area contributed by atoms with E-state index in [1.54, 1.807) is 27.9 Å². The van der Waals surface area contributed by atoms with Crippen molar-refractivity contribution in [3.63, 3.8) is 0 Å². The monoisotopic (exact) mass is 231 g/mol. The Morgan fingerprint density at radius 1 is 1.25 bits per heavy atom.